The molecule has 100 valence electrons. The number of nitrogens with zero attached hydrogens (tertiary/aromatic N) is 2. The number of hydrogen-bond acceptors (Lipinski definition) is 3. The minimum atomic E-state index is 0.615. The summed E-state index contributed by atoms with van der Waals surface area (Å²) in [4.78, 5) is 4.19. The molecule has 1 saturated heterocycles. The fourth-order valence-corrected chi connectivity index (χ4v) is 3.45. The molecule has 4 heteroatoms. The summed E-state index contributed by atoms with van der Waals surface area (Å²) in [6.07, 6.45) is 13.8. The van der Waals surface area contributed by atoms with Gasteiger partial charge in [-0.1, -0.05) is 0 Å². The van der Waals surface area contributed by atoms with Gasteiger partial charge in [-0.2, -0.15) is 0 Å². The van der Waals surface area contributed by atoms with Gasteiger partial charge in [0, 0.05) is 30.5 Å². The van der Waals surface area contributed by atoms with Crippen molar-refractivity contribution >= 4 is 0 Å². The van der Waals surface area contributed by atoms with Crippen LogP contribution in [0.5, 0.6) is 0 Å². The molecule has 1 aromatic rings. The van der Waals surface area contributed by atoms with Crippen LogP contribution in [0.3, 0.4) is 0 Å². The molecule has 0 amide bonds. The molecule has 2 heterocycles. The van der Waals surface area contributed by atoms with E-state index in [4.69, 9.17) is 0 Å². The first kappa shape index (κ1) is 12.2. The maximum Gasteiger partial charge on any atom is 0.0949 e. The Balaban J connectivity index is 1.60. The van der Waals surface area contributed by atoms with E-state index in [-0.39, 0.29) is 0 Å². The summed E-state index contributed by atoms with van der Waals surface area (Å²) in [6.45, 7) is 2.36. The number of aromatic nitrogens is 2. The predicted molar refractivity (Wildman–Crippen MR) is 72.5 cm³/mol. The van der Waals surface area contributed by atoms with Crippen molar-refractivity contribution in [2.45, 2.75) is 56.7 Å². The fourth-order valence-electron chi connectivity index (χ4n) is 3.45. The number of hydrogen-bond donors (Lipinski definition) is 2. The molecule has 0 aromatic carbocycles. The first-order valence-electron chi connectivity index (χ1n) is 7.38. The first-order valence-corrected chi connectivity index (χ1v) is 7.38. The van der Waals surface area contributed by atoms with Gasteiger partial charge in [0.15, 0.2) is 0 Å². The zero-order chi connectivity index (χ0) is 12.2. The van der Waals surface area contributed by atoms with Crippen LogP contribution in [0.15, 0.2) is 18.7 Å². The average Bonchev–Trinajstić information content (AvgIpc) is 2.97. The molecular weight excluding hydrogens is 224 g/mol. The van der Waals surface area contributed by atoms with Crippen LogP contribution in [0.25, 0.3) is 0 Å². The average molecular weight is 248 g/mol. The maximum atomic E-state index is 4.19. The third-order valence-corrected chi connectivity index (χ3v) is 4.41. The summed E-state index contributed by atoms with van der Waals surface area (Å²) < 4.78 is 2.29. The van der Waals surface area contributed by atoms with Crippen molar-refractivity contribution in [2.75, 3.05) is 13.1 Å². The molecule has 0 spiro atoms. The van der Waals surface area contributed by atoms with Crippen LogP contribution in [-0.2, 0) is 0 Å². The Morgan fingerprint density at radius 1 is 1.11 bits per heavy atom. The fraction of sp³-hybridized carbons (Fsp3) is 0.786. The van der Waals surface area contributed by atoms with E-state index in [9.17, 15) is 0 Å². The predicted octanol–water partition coefficient (Wildman–Crippen LogP) is 1.71. The highest BCUT2D eigenvalue weighted by atomic mass is 15.1. The molecule has 3 rings (SSSR count). The summed E-state index contributed by atoms with van der Waals surface area (Å²) in [5, 5.41) is 7.39. The molecule has 3 atom stereocenters. The van der Waals surface area contributed by atoms with Crippen molar-refractivity contribution < 1.29 is 0 Å². The second kappa shape index (κ2) is 5.85. The Labute approximate surface area is 109 Å². The molecule has 2 aliphatic rings. The Bertz CT molecular complexity index is 341. The molecule has 3 unspecified atom stereocenters. The van der Waals surface area contributed by atoms with E-state index in [0.717, 1.165) is 0 Å². The number of imidazole rings is 1. The molecule has 2 fully saturated rings. The van der Waals surface area contributed by atoms with Gasteiger partial charge in [0.05, 0.1) is 6.33 Å². The van der Waals surface area contributed by atoms with Gasteiger partial charge in [0.25, 0.3) is 0 Å². The quantitative estimate of drug-likeness (QED) is 0.855. The van der Waals surface area contributed by atoms with E-state index in [2.05, 4.69) is 26.4 Å². The molecule has 1 saturated carbocycles. The zero-order valence-electron chi connectivity index (χ0n) is 11.0. The van der Waals surface area contributed by atoms with E-state index >= 15 is 0 Å². The van der Waals surface area contributed by atoms with Gasteiger partial charge >= 0.3 is 0 Å². The summed E-state index contributed by atoms with van der Waals surface area (Å²) in [7, 11) is 0. The second-order valence-corrected chi connectivity index (χ2v) is 5.66. The minimum absolute atomic E-state index is 0.615. The van der Waals surface area contributed by atoms with Crippen LogP contribution in [0.4, 0.5) is 0 Å². The minimum Gasteiger partial charge on any atom is -0.333 e. The summed E-state index contributed by atoms with van der Waals surface area (Å²) in [5.41, 5.74) is 0. The van der Waals surface area contributed by atoms with Crippen LogP contribution in [0.1, 0.15) is 44.6 Å². The molecule has 0 radical (unpaired) electrons. The van der Waals surface area contributed by atoms with Crippen molar-refractivity contribution in [3.8, 4) is 0 Å². The van der Waals surface area contributed by atoms with Crippen LogP contribution in [0, 0.1) is 0 Å². The Morgan fingerprint density at radius 2 is 2.11 bits per heavy atom. The number of rotatable bonds is 3. The van der Waals surface area contributed by atoms with Gasteiger partial charge in [-0.05, 0) is 51.6 Å². The Hall–Kier alpha value is -0.870. The molecule has 1 aromatic heterocycles. The molecule has 18 heavy (non-hydrogen) atoms. The van der Waals surface area contributed by atoms with E-state index in [1.807, 2.05) is 12.5 Å². The van der Waals surface area contributed by atoms with Gasteiger partial charge in [-0.15, -0.1) is 0 Å². The van der Waals surface area contributed by atoms with Crippen molar-refractivity contribution in [1.29, 1.82) is 0 Å². The highest BCUT2D eigenvalue weighted by molar-refractivity contribution is 4.93. The molecular formula is C14H24N4. The normalized spacial score (nSPS) is 33.4. The lowest BCUT2D eigenvalue weighted by atomic mass is 10.1. The first-order chi connectivity index (χ1) is 8.93. The lowest BCUT2D eigenvalue weighted by Gasteiger charge is -2.27. The van der Waals surface area contributed by atoms with E-state index in [1.165, 1.54) is 51.6 Å². The van der Waals surface area contributed by atoms with Crippen molar-refractivity contribution in [3.63, 3.8) is 0 Å². The summed E-state index contributed by atoms with van der Waals surface area (Å²) in [6, 6.07) is 1.96. The summed E-state index contributed by atoms with van der Waals surface area (Å²) >= 11 is 0. The SMILES string of the molecule is c1cn(C2CCCC2NC2CCCNCC2)cn1. The maximum absolute atomic E-state index is 4.19. The molecule has 1 aliphatic carbocycles. The van der Waals surface area contributed by atoms with E-state index in [1.54, 1.807) is 0 Å². The van der Waals surface area contributed by atoms with Gasteiger partial charge in [-0.25, -0.2) is 4.98 Å². The van der Waals surface area contributed by atoms with Crippen molar-refractivity contribution in [2.24, 2.45) is 0 Å². The van der Waals surface area contributed by atoms with Crippen LogP contribution in [-0.4, -0.2) is 34.7 Å². The third kappa shape index (κ3) is 2.75. The van der Waals surface area contributed by atoms with Gasteiger partial charge in [0.1, 0.15) is 0 Å². The lowest BCUT2D eigenvalue weighted by Crippen LogP contribution is -2.41. The monoisotopic (exact) mass is 248 g/mol. The molecule has 2 N–H and O–H groups in total. The molecule has 1 aliphatic heterocycles. The van der Waals surface area contributed by atoms with E-state index in [0.29, 0.717) is 18.1 Å². The molecule has 0 bridgehead atoms. The smallest absolute Gasteiger partial charge is 0.0949 e. The van der Waals surface area contributed by atoms with Crippen molar-refractivity contribution in [3.05, 3.63) is 18.7 Å². The van der Waals surface area contributed by atoms with Crippen LogP contribution >= 0.6 is 0 Å². The van der Waals surface area contributed by atoms with E-state index < -0.39 is 0 Å². The van der Waals surface area contributed by atoms with Crippen molar-refractivity contribution in [1.82, 2.24) is 20.2 Å². The second-order valence-electron chi connectivity index (χ2n) is 5.66. The number of nitrogens with one attached hydrogen (secondary N) is 2. The highest BCUT2D eigenvalue weighted by Gasteiger charge is 2.30. The third-order valence-electron chi connectivity index (χ3n) is 4.41. The largest absolute Gasteiger partial charge is 0.333 e. The standard InChI is InChI=1S/C14H24N4/c1-4-13(14(5-1)18-10-9-16-11-18)17-12-3-2-7-15-8-6-12/h9-15,17H,1-8H2. The van der Waals surface area contributed by atoms with Crippen LogP contribution < -0.4 is 10.6 Å². The Kier molecular flexibility index (Phi) is 3.96. The van der Waals surface area contributed by atoms with Crippen LogP contribution in [0.2, 0.25) is 0 Å². The Morgan fingerprint density at radius 3 is 3.00 bits per heavy atom. The highest BCUT2D eigenvalue weighted by Crippen LogP contribution is 2.30. The zero-order valence-corrected chi connectivity index (χ0v) is 11.0. The van der Waals surface area contributed by atoms with Gasteiger partial charge < -0.3 is 15.2 Å². The summed E-state index contributed by atoms with van der Waals surface area (Å²) in [5.74, 6) is 0. The topological polar surface area (TPSA) is 41.9 Å². The lowest BCUT2D eigenvalue weighted by molar-refractivity contribution is 0.335. The van der Waals surface area contributed by atoms with Gasteiger partial charge in [0.2, 0.25) is 0 Å². The van der Waals surface area contributed by atoms with Gasteiger partial charge in [-0.3, -0.25) is 0 Å². The molecule has 4 nitrogen and oxygen atoms in total.